The minimum Gasteiger partial charge on any atom is -0.367 e. The Kier molecular flexibility index (Phi) is 7.87. The minimum atomic E-state index is -4.74. The van der Waals surface area contributed by atoms with Crippen molar-refractivity contribution in [2.75, 3.05) is 36.9 Å². The molecule has 12 heteroatoms. The molecule has 2 aliphatic rings. The van der Waals surface area contributed by atoms with Gasteiger partial charge in [-0.3, -0.25) is 19.3 Å². The van der Waals surface area contributed by atoms with Crippen LogP contribution in [0.5, 0.6) is 0 Å². The van der Waals surface area contributed by atoms with Gasteiger partial charge in [0.1, 0.15) is 5.82 Å². The molecule has 0 saturated carbocycles. The third kappa shape index (κ3) is 6.00. The predicted octanol–water partition coefficient (Wildman–Crippen LogP) is 3.37. The number of anilines is 2. The normalized spacial score (nSPS) is 24.3. The van der Waals surface area contributed by atoms with Crippen LogP contribution in [-0.2, 0) is 9.59 Å². The molecule has 4 atom stereocenters. The second-order valence-electron chi connectivity index (χ2n) is 10.3. The van der Waals surface area contributed by atoms with Crippen molar-refractivity contribution >= 4 is 29.1 Å². The van der Waals surface area contributed by atoms with Crippen LogP contribution in [0.2, 0.25) is 0 Å². The van der Waals surface area contributed by atoms with Gasteiger partial charge in [-0.25, -0.2) is 4.39 Å². The molecule has 4 N–H and O–H groups in total. The van der Waals surface area contributed by atoms with Gasteiger partial charge in [-0.2, -0.15) is 13.2 Å². The summed E-state index contributed by atoms with van der Waals surface area (Å²) in [5, 5.41) is 4.99. The summed E-state index contributed by atoms with van der Waals surface area (Å²) in [4.78, 5) is 40.9. The molecule has 2 saturated heterocycles. The number of amides is 3. The first kappa shape index (κ1) is 28.3. The van der Waals surface area contributed by atoms with E-state index in [2.05, 4.69) is 15.5 Å². The van der Waals surface area contributed by atoms with E-state index in [1.54, 1.807) is 12.1 Å². The maximum atomic E-state index is 14.8. The average Bonchev–Trinajstić information content (AvgIpc) is 2.86. The van der Waals surface area contributed by atoms with E-state index in [1.165, 1.54) is 18.2 Å². The number of hydrogen-bond acceptors (Lipinski definition) is 5. The smallest absolute Gasteiger partial charge is 0.367 e. The van der Waals surface area contributed by atoms with Gasteiger partial charge in [-0.15, -0.1) is 0 Å². The highest BCUT2D eigenvalue weighted by molar-refractivity contribution is 5.99. The summed E-state index contributed by atoms with van der Waals surface area (Å²) in [6.07, 6.45) is -5.59. The number of carbonyl (C=O) groups excluding carboxylic acids is 3. The van der Waals surface area contributed by atoms with Gasteiger partial charge in [0.2, 0.25) is 17.7 Å². The van der Waals surface area contributed by atoms with Gasteiger partial charge in [0.25, 0.3) is 0 Å². The maximum Gasteiger partial charge on any atom is 0.393 e. The predicted molar refractivity (Wildman–Crippen MR) is 139 cm³/mol. The Morgan fingerprint density at radius 3 is 2.36 bits per heavy atom. The van der Waals surface area contributed by atoms with Crippen LogP contribution in [0.1, 0.15) is 30.6 Å². The molecule has 2 heterocycles. The first-order chi connectivity index (χ1) is 18.3. The van der Waals surface area contributed by atoms with Crippen LogP contribution in [-0.4, -0.2) is 67.6 Å². The van der Waals surface area contributed by atoms with Crippen molar-refractivity contribution in [3.8, 4) is 11.1 Å². The first-order valence-electron chi connectivity index (χ1n) is 12.6. The third-order valence-electron chi connectivity index (χ3n) is 7.68. The number of carbonyl (C=O) groups is 3. The Morgan fingerprint density at radius 1 is 1.08 bits per heavy atom. The van der Waals surface area contributed by atoms with Crippen LogP contribution in [0.15, 0.2) is 36.4 Å². The summed E-state index contributed by atoms with van der Waals surface area (Å²) >= 11 is 0. The van der Waals surface area contributed by atoms with Crippen LogP contribution < -0.4 is 21.3 Å². The Labute approximate surface area is 223 Å². The Hall–Kier alpha value is -3.67. The lowest BCUT2D eigenvalue weighted by Gasteiger charge is -2.44. The minimum absolute atomic E-state index is 0.0477. The molecule has 0 aliphatic carbocycles. The van der Waals surface area contributed by atoms with Gasteiger partial charge in [-0.05, 0) is 56.8 Å². The van der Waals surface area contributed by atoms with Crippen LogP contribution in [0.4, 0.5) is 28.9 Å². The summed E-state index contributed by atoms with van der Waals surface area (Å²) in [6, 6.07) is 8.71. The summed E-state index contributed by atoms with van der Waals surface area (Å²) < 4.78 is 56.0. The second kappa shape index (κ2) is 10.8. The molecule has 0 aromatic heterocycles. The summed E-state index contributed by atoms with van der Waals surface area (Å²) in [6.45, 7) is 4.79. The molecule has 2 unspecified atom stereocenters. The molecule has 0 bridgehead atoms. The topological polar surface area (TPSA) is 108 Å². The Bertz CT molecular complexity index is 1270. The third-order valence-corrected chi connectivity index (χ3v) is 7.68. The van der Waals surface area contributed by atoms with Gasteiger partial charge < -0.3 is 21.3 Å². The molecule has 39 heavy (non-hydrogen) atoms. The number of rotatable bonds is 5. The lowest BCUT2D eigenvalue weighted by atomic mass is 9.84. The van der Waals surface area contributed by atoms with E-state index in [0.717, 1.165) is 6.07 Å². The van der Waals surface area contributed by atoms with E-state index in [4.69, 9.17) is 5.73 Å². The molecule has 0 radical (unpaired) electrons. The van der Waals surface area contributed by atoms with E-state index < -0.39 is 54.5 Å². The van der Waals surface area contributed by atoms with Crippen molar-refractivity contribution < 1.29 is 31.9 Å². The van der Waals surface area contributed by atoms with E-state index >= 15 is 0 Å². The molecule has 2 aromatic rings. The van der Waals surface area contributed by atoms with Gasteiger partial charge in [0.05, 0.1) is 23.2 Å². The number of nitrogens with zero attached hydrogens (tertiary/aromatic N) is 2. The molecule has 4 rings (SSSR count). The van der Waals surface area contributed by atoms with Crippen LogP contribution in [0.3, 0.4) is 0 Å². The number of piperazine rings is 1. The van der Waals surface area contributed by atoms with Crippen molar-refractivity contribution in [3.63, 3.8) is 0 Å². The fraction of sp³-hybridized carbons (Fsp3) is 0.444. The monoisotopic (exact) mass is 549 g/mol. The molecule has 0 spiro atoms. The fourth-order valence-electron chi connectivity index (χ4n) is 5.21. The molecule has 8 nitrogen and oxygen atoms in total. The van der Waals surface area contributed by atoms with Crippen LogP contribution in [0.25, 0.3) is 11.1 Å². The number of likely N-dealkylation sites (N-methyl/N-ethyl adjacent to an activating group) is 1. The van der Waals surface area contributed by atoms with Crippen LogP contribution >= 0.6 is 0 Å². The number of nitrogens with two attached hydrogens (primary N) is 1. The van der Waals surface area contributed by atoms with E-state index in [9.17, 15) is 31.9 Å². The maximum absolute atomic E-state index is 14.8. The highest BCUT2D eigenvalue weighted by Gasteiger charge is 2.50. The van der Waals surface area contributed by atoms with E-state index in [-0.39, 0.29) is 28.9 Å². The molecule has 3 amide bonds. The number of nitrogens with one attached hydrogen (secondary N) is 2. The Morgan fingerprint density at radius 2 is 1.74 bits per heavy atom. The molecule has 2 fully saturated rings. The molecule has 210 valence electrons. The molecule has 2 aliphatic heterocycles. The van der Waals surface area contributed by atoms with Crippen molar-refractivity contribution in [3.05, 3.63) is 47.8 Å². The molecule has 2 aromatic carbocycles. The molecular formula is C27H31F4N5O3. The summed E-state index contributed by atoms with van der Waals surface area (Å²) in [5.74, 6) is -6.74. The first-order valence-corrected chi connectivity index (χ1v) is 12.6. The lowest BCUT2D eigenvalue weighted by molar-refractivity contribution is -0.197. The summed E-state index contributed by atoms with van der Waals surface area (Å²) in [5.41, 5.74) is 6.54. The van der Waals surface area contributed by atoms with E-state index in [1.807, 2.05) is 25.8 Å². The lowest BCUT2D eigenvalue weighted by Crippen LogP contribution is -2.55. The number of hydrogen-bond donors (Lipinski definition) is 3. The van der Waals surface area contributed by atoms with Crippen LogP contribution in [0, 0.1) is 17.7 Å². The number of benzene rings is 2. The van der Waals surface area contributed by atoms with E-state index in [0.29, 0.717) is 24.3 Å². The Balaban J connectivity index is 1.75. The zero-order chi connectivity index (χ0) is 28.6. The van der Waals surface area contributed by atoms with Crippen molar-refractivity contribution in [1.82, 2.24) is 10.2 Å². The average molecular weight is 550 g/mol. The second-order valence-corrected chi connectivity index (χ2v) is 10.3. The van der Waals surface area contributed by atoms with Gasteiger partial charge >= 0.3 is 6.18 Å². The highest BCUT2D eigenvalue weighted by atomic mass is 19.4. The number of halogens is 4. The van der Waals surface area contributed by atoms with Gasteiger partial charge in [0, 0.05) is 49.3 Å². The zero-order valence-corrected chi connectivity index (χ0v) is 21.8. The quantitative estimate of drug-likeness (QED) is 0.496. The molecular weight excluding hydrogens is 518 g/mol. The fourth-order valence-corrected chi connectivity index (χ4v) is 5.21. The SMILES string of the molecule is C[C@@H]1CN(c2ccc(-c3cc(C(N)=O)ccc3F)cc2NC(=O)C2CNC(=O)CC2C(F)(F)F)C[C@H](C)N1C. The highest BCUT2D eigenvalue weighted by Crippen LogP contribution is 2.39. The number of piperidine rings is 1. The zero-order valence-electron chi connectivity index (χ0n) is 21.8. The van der Waals surface area contributed by atoms with Crippen molar-refractivity contribution in [1.29, 1.82) is 0 Å². The van der Waals surface area contributed by atoms with Crippen molar-refractivity contribution in [2.24, 2.45) is 17.6 Å². The van der Waals surface area contributed by atoms with Crippen molar-refractivity contribution in [2.45, 2.75) is 38.5 Å². The largest absolute Gasteiger partial charge is 0.393 e. The van der Waals surface area contributed by atoms with Gasteiger partial charge in [0.15, 0.2) is 0 Å². The number of primary amides is 1. The summed E-state index contributed by atoms with van der Waals surface area (Å²) in [7, 11) is 2.00. The standard InChI is InChI=1S/C27H31F4N5O3/c1-14-12-36(13-15(2)35(14)3)23-7-5-16(18-8-17(25(32)38)4-6-21(18)28)9-22(23)34-26(39)19-11-33-24(37)10-20(19)27(29,30)31/h4-9,14-15,19-20H,10-13H2,1-3H3,(H2,32,38)(H,33,37)(H,34,39)/t14-,15+,19?,20?. The van der Waals surface area contributed by atoms with Gasteiger partial charge in [-0.1, -0.05) is 6.07 Å². The number of alkyl halides is 3.